The third-order valence-corrected chi connectivity index (χ3v) is 3.19. The van der Waals surface area contributed by atoms with Crippen molar-refractivity contribution >= 4 is 15.8 Å². The van der Waals surface area contributed by atoms with E-state index in [1.807, 2.05) is 0 Å². The number of carboxylic acid groups (broad SMARTS) is 1. The van der Waals surface area contributed by atoms with E-state index in [9.17, 15) is 13.2 Å². The molecular formula is C10H12O5S. The van der Waals surface area contributed by atoms with E-state index in [1.165, 1.54) is 19.2 Å². The summed E-state index contributed by atoms with van der Waals surface area (Å²) in [5.74, 6) is -1.16. The van der Waals surface area contributed by atoms with Crippen LogP contribution in [0.3, 0.4) is 0 Å². The fourth-order valence-corrected chi connectivity index (χ4v) is 2.25. The molecule has 0 radical (unpaired) electrons. The van der Waals surface area contributed by atoms with E-state index in [1.54, 1.807) is 0 Å². The third-order valence-electron chi connectivity index (χ3n) is 2.01. The smallest absolute Gasteiger partial charge is 0.335 e. The molecule has 0 saturated heterocycles. The van der Waals surface area contributed by atoms with Gasteiger partial charge in [0.05, 0.1) is 17.1 Å². The second-order valence-corrected chi connectivity index (χ2v) is 5.32. The van der Waals surface area contributed by atoms with Gasteiger partial charge in [-0.15, -0.1) is 0 Å². The summed E-state index contributed by atoms with van der Waals surface area (Å²) in [7, 11) is -2.01. The number of carboxylic acids is 1. The molecule has 88 valence electrons. The minimum absolute atomic E-state index is 0.00532. The van der Waals surface area contributed by atoms with Crippen molar-refractivity contribution in [2.24, 2.45) is 0 Å². The van der Waals surface area contributed by atoms with Crippen LogP contribution in [0.25, 0.3) is 0 Å². The number of rotatable bonds is 4. The fraction of sp³-hybridized carbons (Fsp3) is 0.300. The van der Waals surface area contributed by atoms with E-state index >= 15 is 0 Å². The van der Waals surface area contributed by atoms with Crippen LogP contribution in [-0.4, -0.2) is 32.9 Å². The van der Waals surface area contributed by atoms with Gasteiger partial charge in [-0.2, -0.15) is 0 Å². The lowest BCUT2D eigenvalue weighted by Crippen LogP contribution is -2.06. The van der Waals surface area contributed by atoms with Gasteiger partial charge >= 0.3 is 5.97 Å². The largest absolute Gasteiger partial charge is 0.478 e. The molecule has 0 bridgehead atoms. The monoisotopic (exact) mass is 244 g/mol. The molecule has 6 heteroatoms. The number of hydrogen-bond acceptors (Lipinski definition) is 4. The van der Waals surface area contributed by atoms with Crippen LogP contribution in [0.15, 0.2) is 23.1 Å². The highest BCUT2D eigenvalue weighted by atomic mass is 32.2. The number of ether oxygens (including phenoxy) is 1. The van der Waals surface area contributed by atoms with Crippen molar-refractivity contribution in [2.75, 3.05) is 13.4 Å². The Bertz CT molecular complexity index is 504. The Hall–Kier alpha value is -1.40. The van der Waals surface area contributed by atoms with Gasteiger partial charge in [-0.05, 0) is 17.7 Å². The lowest BCUT2D eigenvalue weighted by atomic mass is 10.1. The van der Waals surface area contributed by atoms with Crippen molar-refractivity contribution in [3.05, 3.63) is 29.3 Å². The highest BCUT2D eigenvalue weighted by Gasteiger charge is 2.16. The Morgan fingerprint density at radius 2 is 2.06 bits per heavy atom. The van der Waals surface area contributed by atoms with Crippen LogP contribution in [0, 0.1) is 0 Å². The van der Waals surface area contributed by atoms with Crippen LogP contribution in [0.1, 0.15) is 15.9 Å². The van der Waals surface area contributed by atoms with Crippen LogP contribution >= 0.6 is 0 Å². The second kappa shape index (κ2) is 4.63. The molecule has 0 aliphatic carbocycles. The van der Waals surface area contributed by atoms with Gasteiger partial charge in [0.1, 0.15) is 0 Å². The number of aromatic carboxylic acids is 1. The molecule has 0 aromatic heterocycles. The van der Waals surface area contributed by atoms with E-state index < -0.39 is 15.8 Å². The average Bonchev–Trinajstić information content (AvgIpc) is 2.16. The minimum Gasteiger partial charge on any atom is -0.478 e. The molecule has 0 amide bonds. The summed E-state index contributed by atoms with van der Waals surface area (Å²) in [6.07, 6.45) is 1.03. The Balaban J connectivity index is 3.39. The van der Waals surface area contributed by atoms with Crippen molar-refractivity contribution in [1.82, 2.24) is 0 Å². The summed E-state index contributed by atoms with van der Waals surface area (Å²) in [4.78, 5) is 10.7. The molecule has 5 nitrogen and oxygen atoms in total. The molecule has 0 saturated carbocycles. The van der Waals surface area contributed by atoms with Gasteiger partial charge in [-0.25, -0.2) is 13.2 Å². The molecule has 0 fully saturated rings. The fourth-order valence-electron chi connectivity index (χ4n) is 1.31. The van der Waals surface area contributed by atoms with Crippen molar-refractivity contribution in [1.29, 1.82) is 0 Å². The first-order chi connectivity index (χ1) is 7.36. The molecule has 1 rings (SSSR count). The summed E-state index contributed by atoms with van der Waals surface area (Å²) < 4.78 is 27.8. The van der Waals surface area contributed by atoms with Crippen LogP contribution in [0.5, 0.6) is 0 Å². The highest BCUT2D eigenvalue weighted by molar-refractivity contribution is 7.90. The number of benzene rings is 1. The van der Waals surface area contributed by atoms with Crippen molar-refractivity contribution < 1.29 is 23.1 Å². The van der Waals surface area contributed by atoms with E-state index in [0.717, 1.165) is 12.3 Å². The Morgan fingerprint density at radius 3 is 2.50 bits per heavy atom. The van der Waals surface area contributed by atoms with Gasteiger partial charge in [0.25, 0.3) is 0 Å². The molecule has 0 spiro atoms. The SMILES string of the molecule is COCc1ccc(C(=O)O)cc1S(C)(=O)=O. The van der Waals surface area contributed by atoms with Gasteiger partial charge in [0, 0.05) is 13.4 Å². The maximum Gasteiger partial charge on any atom is 0.335 e. The molecule has 0 aliphatic rings. The van der Waals surface area contributed by atoms with E-state index in [4.69, 9.17) is 9.84 Å². The Kier molecular flexibility index (Phi) is 3.66. The summed E-state index contributed by atoms with van der Waals surface area (Å²) >= 11 is 0. The zero-order valence-electron chi connectivity index (χ0n) is 8.93. The summed E-state index contributed by atoms with van der Waals surface area (Å²) in [5.41, 5.74) is 0.398. The number of sulfone groups is 1. The molecule has 0 aliphatic heterocycles. The first kappa shape index (κ1) is 12.7. The average molecular weight is 244 g/mol. The molecule has 1 aromatic rings. The lowest BCUT2D eigenvalue weighted by Gasteiger charge is -2.07. The topological polar surface area (TPSA) is 80.7 Å². The number of hydrogen-bond donors (Lipinski definition) is 1. The van der Waals surface area contributed by atoms with Gasteiger partial charge in [0.2, 0.25) is 0 Å². The highest BCUT2D eigenvalue weighted by Crippen LogP contribution is 2.18. The molecule has 1 N–H and O–H groups in total. The zero-order valence-corrected chi connectivity index (χ0v) is 9.74. The predicted octanol–water partition coefficient (Wildman–Crippen LogP) is 0.935. The molecule has 16 heavy (non-hydrogen) atoms. The second-order valence-electron chi connectivity index (χ2n) is 3.33. The van der Waals surface area contributed by atoms with Crippen LogP contribution in [0.4, 0.5) is 0 Å². The number of carbonyl (C=O) groups is 1. The summed E-state index contributed by atoms with van der Waals surface area (Å²) in [5, 5.41) is 8.77. The maximum absolute atomic E-state index is 11.5. The van der Waals surface area contributed by atoms with Crippen LogP contribution in [-0.2, 0) is 21.2 Å². The molecule has 0 unspecified atom stereocenters. The van der Waals surface area contributed by atoms with E-state index in [0.29, 0.717) is 5.56 Å². The predicted molar refractivity (Wildman–Crippen MR) is 57.2 cm³/mol. The van der Waals surface area contributed by atoms with Gasteiger partial charge in [0.15, 0.2) is 9.84 Å². The van der Waals surface area contributed by atoms with E-state index in [-0.39, 0.29) is 17.1 Å². The first-order valence-electron chi connectivity index (χ1n) is 4.41. The van der Waals surface area contributed by atoms with Crippen molar-refractivity contribution in [3.8, 4) is 0 Å². The maximum atomic E-state index is 11.5. The van der Waals surface area contributed by atoms with Gasteiger partial charge in [-0.1, -0.05) is 6.07 Å². The zero-order chi connectivity index (χ0) is 12.3. The lowest BCUT2D eigenvalue weighted by molar-refractivity contribution is 0.0696. The third kappa shape index (κ3) is 2.80. The molecule has 1 aromatic carbocycles. The van der Waals surface area contributed by atoms with Crippen LogP contribution in [0.2, 0.25) is 0 Å². The molecule has 0 atom stereocenters. The Labute approximate surface area is 93.6 Å². The minimum atomic E-state index is -3.46. The van der Waals surface area contributed by atoms with Gasteiger partial charge < -0.3 is 9.84 Å². The standard InChI is InChI=1S/C10H12O5S/c1-15-6-8-4-3-7(10(11)12)5-9(8)16(2,13)14/h3-5H,6H2,1-2H3,(H,11,12). The molecule has 0 heterocycles. The van der Waals surface area contributed by atoms with Crippen LogP contribution < -0.4 is 0 Å². The van der Waals surface area contributed by atoms with Gasteiger partial charge in [-0.3, -0.25) is 0 Å². The quantitative estimate of drug-likeness (QED) is 0.852. The van der Waals surface area contributed by atoms with E-state index in [2.05, 4.69) is 0 Å². The Morgan fingerprint density at radius 1 is 1.44 bits per heavy atom. The van der Waals surface area contributed by atoms with Crippen molar-refractivity contribution in [3.63, 3.8) is 0 Å². The van der Waals surface area contributed by atoms with Crippen molar-refractivity contribution in [2.45, 2.75) is 11.5 Å². The normalized spacial score (nSPS) is 11.4. The molecular weight excluding hydrogens is 232 g/mol. The summed E-state index contributed by atoms with van der Waals surface area (Å²) in [6, 6.07) is 3.95. The first-order valence-corrected chi connectivity index (χ1v) is 6.30. The summed E-state index contributed by atoms with van der Waals surface area (Å²) in [6.45, 7) is 0.127. The number of methoxy groups -OCH3 is 1.